The molecule has 30 heavy (non-hydrogen) atoms. The van der Waals surface area contributed by atoms with E-state index in [4.69, 9.17) is 0 Å². The van der Waals surface area contributed by atoms with Crippen molar-refractivity contribution in [1.29, 1.82) is 0 Å². The summed E-state index contributed by atoms with van der Waals surface area (Å²) in [5, 5.41) is 11.6. The fourth-order valence-corrected chi connectivity index (χ4v) is 5.07. The number of phenolic OH excluding ortho intramolecular Hbond substituents is 1. The van der Waals surface area contributed by atoms with Gasteiger partial charge in [-0.2, -0.15) is 0 Å². The minimum absolute atomic E-state index is 0.00960. The number of fused-ring (bicyclic) bond motifs is 1. The molecule has 0 atom stereocenters. The Morgan fingerprint density at radius 3 is 2.20 bits per heavy atom. The van der Waals surface area contributed by atoms with Crippen molar-refractivity contribution < 1.29 is 22.3 Å². The van der Waals surface area contributed by atoms with Crippen LogP contribution in [0.5, 0.6) is 5.75 Å². The summed E-state index contributed by atoms with van der Waals surface area (Å²) in [6, 6.07) is 19.8. The molecule has 4 rings (SSSR count). The van der Waals surface area contributed by atoms with Crippen LogP contribution in [0.1, 0.15) is 0 Å². The molecule has 0 fully saturated rings. The molecule has 0 aliphatic carbocycles. The Hall–Kier alpha value is -3.10. The lowest BCUT2D eigenvalue weighted by atomic mass is 10.1. The number of anilines is 1. The van der Waals surface area contributed by atoms with Gasteiger partial charge in [-0.15, -0.1) is 0 Å². The summed E-state index contributed by atoms with van der Waals surface area (Å²) in [6.45, 7) is 0. The first-order valence-electron chi connectivity index (χ1n) is 8.80. The summed E-state index contributed by atoms with van der Waals surface area (Å²) in [4.78, 5) is 0.608. The highest BCUT2D eigenvalue weighted by Gasteiger charge is 2.22. The van der Waals surface area contributed by atoms with Crippen LogP contribution in [0.4, 0.5) is 14.5 Å². The smallest absolute Gasteiger partial charge is 0.264 e. The van der Waals surface area contributed by atoms with E-state index < -0.39 is 26.6 Å². The molecule has 0 saturated carbocycles. The molecular formula is C22H15F2NO3S2. The van der Waals surface area contributed by atoms with Gasteiger partial charge in [0.15, 0.2) is 0 Å². The van der Waals surface area contributed by atoms with Crippen LogP contribution in [0.15, 0.2) is 93.5 Å². The quantitative estimate of drug-likeness (QED) is 0.384. The molecule has 8 heteroatoms. The first-order chi connectivity index (χ1) is 14.3. The Bertz CT molecular complexity index is 1340. The third-order valence-electron chi connectivity index (χ3n) is 4.38. The molecule has 4 aromatic carbocycles. The van der Waals surface area contributed by atoms with E-state index in [-0.39, 0.29) is 11.4 Å². The third kappa shape index (κ3) is 3.96. The van der Waals surface area contributed by atoms with Crippen molar-refractivity contribution in [3.8, 4) is 5.75 Å². The van der Waals surface area contributed by atoms with Gasteiger partial charge >= 0.3 is 0 Å². The van der Waals surface area contributed by atoms with Crippen LogP contribution in [-0.2, 0) is 10.0 Å². The van der Waals surface area contributed by atoms with E-state index in [9.17, 15) is 22.3 Å². The molecule has 0 unspecified atom stereocenters. The molecule has 0 amide bonds. The highest BCUT2D eigenvalue weighted by molar-refractivity contribution is 7.99. The van der Waals surface area contributed by atoms with Crippen molar-refractivity contribution in [2.75, 3.05) is 4.72 Å². The number of phenols is 1. The van der Waals surface area contributed by atoms with Gasteiger partial charge in [-0.1, -0.05) is 54.2 Å². The van der Waals surface area contributed by atoms with Gasteiger partial charge in [-0.3, -0.25) is 4.72 Å². The Balaban J connectivity index is 1.82. The minimum atomic E-state index is -4.34. The Labute approximate surface area is 176 Å². The zero-order valence-corrected chi connectivity index (χ0v) is 17.0. The van der Waals surface area contributed by atoms with E-state index >= 15 is 0 Å². The normalized spacial score (nSPS) is 11.5. The number of nitrogens with one attached hydrogen (secondary N) is 1. The van der Waals surface area contributed by atoms with Gasteiger partial charge in [0.05, 0.1) is 10.6 Å². The first-order valence-corrected chi connectivity index (χ1v) is 11.1. The van der Waals surface area contributed by atoms with E-state index in [1.54, 1.807) is 24.3 Å². The molecule has 0 aliphatic rings. The number of rotatable bonds is 5. The molecule has 0 aliphatic heterocycles. The molecule has 0 saturated heterocycles. The van der Waals surface area contributed by atoms with Gasteiger partial charge in [0.25, 0.3) is 10.0 Å². The van der Waals surface area contributed by atoms with Crippen molar-refractivity contribution in [2.24, 2.45) is 0 Å². The van der Waals surface area contributed by atoms with Gasteiger partial charge in [-0.05, 0) is 30.3 Å². The van der Waals surface area contributed by atoms with Crippen LogP contribution in [-0.4, -0.2) is 13.5 Å². The van der Waals surface area contributed by atoms with E-state index in [0.717, 1.165) is 17.0 Å². The highest BCUT2D eigenvalue weighted by atomic mass is 32.2. The van der Waals surface area contributed by atoms with Gasteiger partial charge in [0, 0.05) is 21.7 Å². The maximum Gasteiger partial charge on any atom is 0.264 e. The highest BCUT2D eigenvalue weighted by Crippen LogP contribution is 2.43. The van der Waals surface area contributed by atoms with E-state index in [1.165, 1.54) is 17.8 Å². The largest absolute Gasteiger partial charge is 0.506 e. The zero-order chi connectivity index (χ0) is 21.3. The molecule has 4 nitrogen and oxygen atoms in total. The van der Waals surface area contributed by atoms with E-state index in [2.05, 4.69) is 4.72 Å². The lowest BCUT2D eigenvalue weighted by molar-refractivity contribution is 0.469. The van der Waals surface area contributed by atoms with Crippen molar-refractivity contribution in [3.05, 3.63) is 90.5 Å². The second-order valence-electron chi connectivity index (χ2n) is 6.41. The molecule has 0 heterocycles. The SMILES string of the molecule is O=S(=O)(Nc1cc(Sc2ccccc2)c(O)c2ccccc12)c1ccc(F)cc1F. The topological polar surface area (TPSA) is 66.4 Å². The fourth-order valence-electron chi connectivity index (χ4n) is 3.01. The average molecular weight is 443 g/mol. The number of benzene rings is 4. The zero-order valence-electron chi connectivity index (χ0n) is 15.3. The standard InChI is InChI=1S/C22H15F2NO3S2/c23-14-10-11-21(18(24)12-14)30(27,28)25-19-13-20(29-15-6-2-1-3-7-15)22(26)17-9-5-4-8-16(17)19/h1-13,25-26H. The molecule has 4 aromatic rings. The van der Waals surface area contributed by atoms with Crippen molar-refractivity contribution in [2.45, 2.75) is 14.7 Å². The summed E-state index contributed by atoms with van der Waals surface area (Å²) < 4.78 is 55.2. The summed E-state index contributed by atoms with van der Waals surface area (Å²) in [5.41, 5.74) is 0.172. The third-order valence-corrected chi connectivity index (χ3v) is 6.82. The predicted molar refractivity (Wildman–Crippen MR) is 113 cm³/mol. The average Bonchev–Trinajstić information content (AvgIpc) is 2.72. The van der Waals surface area contributed by atoms with Crippen LogP contribution in [0, 0.1) is 11.6 Å². The van der Waals surface area contributed by atoms with E-state index in [1.807, 2.05) is 30.3 Å². The second kappa shape index (κ2) is 7.97. The summed E-state index contributed by atoms with van der Waals surface area (Å²) in [7, 11) is -4.34. The van der Waals surface area contributed by atoms with Gasteiger partial charge < -0.3 is 5.11 Å². The number of hydrogen-bond acceptors (Lipinski definition) is 4. The predicted octanol–water partition coefficient (Wildman–Crippen LogP) is 5.78. The van der Waals surface area contributed by atoms with Gasteiger partial charge in [0.1, 0.15) is 22.3 Å². The monoisotopic (exact) mass is 443 g/mol. The number of sulfonamides is 1. The summed E-state index contributed by atoms with van der Waals surface area (Å²) in [5.74, 6) is -2.05. The van der Waals surface area contributed by atoms with Crippen LogP contribution in [0.3, 0.4) is 0 Å². The molecular weight excluding hydrogens is 428 g/mol. The fraction of sp³-hybridized carbons (Fsp3) is 0. The number of halogens is 2. The van der Waals surface area contributed by atoms with Crippen LogP contribution in [0.25, 0.3) is 10.8 Å². The molecule has 0 radical (unpaired) electrons. The maximum atomic E-state index is 14.1. The van der Waals surface area contributed by atoms with Crippen molar-refractivity contribution in [3.63, 3.8) is 0 Å². The molecule has 0 bridgehead atoms. The molecule has 2 N–H and O–H groups in total. The lowest BCUT2D eigenvalue weighted by Crippen LogP contribution is -2.15. The Kier molecular flexibility index (Phi) is 5.36. The van der Waals surface area contributed by atoms with Crippen LogP contribution >= 0.6 is 11.8 Å². The first kappa shape index (κ1) is 20.2. The number of aromatic hydroxyl groups is 1. The van der Waals surface area contributed by atoms with Crippen molar-refractivity contribution >= 4 is 38.2 Å². The molecule has 0 spiro atoms. The van der Waals surface area contributed by atoms with E-state index in [0.29, 0.717) is 21.7 Å². The van der Waals surface area contributed by atoms with Crippen LogP contribution in [0.2, 0.25) is 0 Å². The summed E-state index contributed by atoms with van der Waals surface area (Å²) >= 11 is 1.26. The van der Waals surface area contributed by atoms with Gasteiger partial charge in [-0.25, -0.2) is 17.2 Å². The second-order valence-corrected chi connectivity index (χ2v) is 9.18. The number of hydrogen-bond donors (Lipinski definition) is 2. The molecule has 0 aromatic heterocycles. The van der Waals surface area contributed by atoms with Gasteiger partial charge in [0.2, 0.25) is 0 Å². The molecule has 152 valence electrons. The van der Waals surface area contributed by atoms with Crippen molar-refractivity contribution in [1.82, 2.24) is 0 Å². The Morgan fingerprint density at radius 1 is 0.833 bits per heavy atom. The lowest BCUT2D eigenvalue weighted by Gasteiger charge is -2.15. The van der Waals surface area contributed by atoms with Crippen LogP contribution < -0.4 is 4.72 Å². The summed E-state index contributed by atoms with van der Waals surface area (Å²) in [6.07, 6.45) is 0. The minimum Gasteiger partial charge on any atom is -0.506 e. The Morgan fingerprint density at radius 2 is 1.50 bits per heavy atom. The maximum absolute atomic E-state index is 14.1.